The summed E-state index contributed by atoms with van der Waals surface area (Å²) in [5, 5.41) is 5.33. The number of halogens is 1. The fourth-order valence-electron chi connectivity index (χ4n) is 2.92. The second-order valence-corrected chi connectivity index (χ2v) is 7.40. The number of fused-ring (bicyclic) bond motifs is 1. The van der Waals surface area contributed by atoms with Gasteiger partial charge in [0.15, 0.2) is 5.82 Å². The lowest BCUT2D eigenvalue weighted by Crippen LogP contribution is -2.83. The first-order chi connectivity index (χ1) is 12.6. The van der Waals surface area contributed by atoms with E-state index in [1.807, 2.05) is 35.7 Å². The topological polar surface area (TPSA) is 75.5 Å². The van der Waals surface area contributed by atoms with Crippen molar-refractivity contribution in [1.29, 1.82) is 0 Å². The van der Waals surface area contributed by atoms with Gasteiger partial charge in [-0.3, -0.25) is 4.79 Å². The molecule has 0 amide bonds. The van der Waals surface area contributed by atoms with Crippen LogP contribution in [0.15, 0.2) is 57.3 Å². The molecule has 1 aromatic carbocycles. The van der Waals surface area contributed by atoms with Crippen molar-refractivity contribution in [2.24, 2.45) is 0 Å². The van der Waals surface area contributed by atoms with Crippen LogP contribution in [0.3, 0.4) is 0 Å². The van der Waals surface area contributed by atoms with E-state index in [1.54, 1.807) is 12.3 Å². The van der Waals surface area contributed by atoms with Crippen LogP contribution in [0.2, 0.25) is 5.02 Å². The Kier molecular flexibility index (Phi) is 4.63. The maximum absolute atomic E-state index is 12.6. The average molecular weight is 387 g/mol. The molecule has 7 heteroatoms. The lowest BCUT2D eigenvalue weighted by molar-refractivity contribution is -0.708. The largest absolute Gasteiger partial charge is 0.464 e. The zero-order valence-corrected chi connectivity index (χ0v) is 15.6. The summed E-state index contributed by atoms with van der Waals surface area (Å²) in [6.07, 6.45) is 1.60. The van der Waals surface area contributed by atoms with Gasteiger partial charge in [-0.25, -0.2) is 4.98 Å². The second-order valence-electron chi connectivity index (χ2n) is 6.10. The van der Waals surface area contributed by atoms with Gasteiger partial charge in [-0.1, -0.05) is 23.7 Å². The van der Waals surface area contributed by atoms with Crippen LogP contribution >= 0.6 is 22.9 Å². The predicted octanol–water partition coefficient (Wildman–Crippen LogP) is 3.72. The molecule has 4 aromatic rings. The Bertz CT molecular complexity index is 1100. The molecule has 0 saturated carbocycles. The number of aromatic nitrogens is 2. The van der Waals surface area contributed by atoms with Crippen LogP contribution in [0.25, 0.3) is 21.5 Å². The monoisotopic (exact) mass is 386 g/mol. The number of nitrogens with one attached hydrogen (secondary N) is 1. The molecule has 1 atom stereocenters. The molecule has 0 unspecified atom stereocenters. The van der Waals surface area contributed by atoms with Crippen molar-refractivity contribution >= 4 is 33.2 Å². The zero-order valence-electron chi connectivity index (χ0n) is 14.0. The number of rotatable bonds is 5. The predicted molar refractivity (Wildman–Crippen MR) is 103 cm³/mol. The highest BCUT2D eigenvalue weighted by molar-refractivity contribution is 7.17. The molecule has 5 nitrogen and oxygen atoms in total. The summed E-state index contributed by atoms with van der Waals surface area (Å²) in [6, 6.07) is 11.7. The molecule has 0 aliphatic carbocycles. The molecular formula is C19H17ClN3O2S+. The van der Waals surface area contributed by atoms with Gasteiger partial charge in [0.1, 0.15) is 23.2 Å². The first-order valence-corrected chi connectivity index (χ1v) is 9.50. The lowest BCUT2D eigenvalue weighted by Gasteiger charge is -2.11. The quantitative estimate of drug-likeness (QED) is 0.548. The average Bonchev–Trinajstić information content (AvgIpc) is 3.29. The molecule has 0 bridgehead atoms. The summed E-state index contributed by atoms with van der Waals surface area (Å²) in [7, 11) is 0. The zero-order chi connectivity index (χ0) is 18.1. The van der Waals surface area contributed by atoms with Crippen molar-refractivity contribution < 1.29 is 9.73 Å². The number of furan rings is 1. The van der Waals surface area contributed by atoms with E-state index >= 15 is 0 Å². The molecule has 0 fully saturated rings. The molecule has 26 heavy (non-hydrogen) atoms. The molecule has 0 spiro atoms. The molecular weight excluding hydrogens is 370 g/mol. The molecule has 3 N–H and O–H groups in total. The molecule has 3 aromatic heterocycles. The molecule has 3 heterocycles. The first-order valence-electron chi connectivity index (χ1n) is 8.25. The van der Waals surface area contributed by atoms with E-state index in [9.17, 15) is 4.79 Å². The van der Waals surface area contributed by atoms with Gasteiger partial charge in [0.25, 0.3) is 5.56 Å². The first kappa shape index (κ1) is 17.0. The third-order valence-electron chi connectivity index (χ3n) is 4.32. The smallest absolute Gasteiger partial charge is 0.260 e. The fourth-order valence-corrected chi connectivity index (χ4v) is 4.06. The molecule has 132 valence electrons. The number of thiophene rings is 1. The van der Waals surface area contributed by atoms with Gasteiger partial charge in [0.05, 0.1) is 11.6 Å². The number of nitrogens with zero attached hydrogens (tertiary/aromatic N) is 1. The van der Waals surface area contributed by atoms with Crippen molar-refractivity contribution in [3.05, 3.63) is 74.8 Å². The number of H-pyrrole nitrogens is 1. The highest BCUT2D eigenvalue weighted by atomic mass is 35.5. The number of benzene rings is 1. The number of aromatic amines is 1. The minimum Gasteiger partial charge on any atom is -0.464 e. The summed E-state index contributed by atoms with van der Waals surface area (Å²) in [5.41, 5.74) is 1.78. The van der Waals surface area contributed by atoms with E-state index in [-0.39, 0.29) is 11.6 Å². The highest BCUT2D eigenvalue weighted by Gasteiger charge is 2.16. The summed E-state index contributed by atoms with van der Waals surface area (Å²) in [5.74, 6) is 1.33. The Balaban J connectivity index is 1.57. The van der Waals surface area contributed by atoms with E-state index in [2.05, 4.69) is 22.2 Å². The Morgan fingerprint density at radius 1 is 1.35 bits per heavy atom. The Labute approximate surface area is 158 Å². The Morgan fingerprint density at radius 2 is 2.23 bits per heavy atom. The summed E-state index contributed by atoms with van der Waals surface area (Å²) >= 11 is 7.51. The normalized spacial score (nSPS) is 12.5. The van der Waals surface area contributed by atoms with Crippen LogP contribution in [-0.2, 0) is 6.54 Å². The van der Waals surface area contributed by atoms with E-state index in [4.69, 9.17) is 16.0 Å². The molecule has 0 aliphatic heterocycles. The van der Waals surface area contributed by atoms with Crippen LogP contribution in [0.4, 0.5) is 0 Å². The minimum absolute atomic E-state index is 0.138. The van der Waals surface area contributed by atoms with E-state index < -0.39 is 0 Å². The van der Waals surface area contributed by atoms with Crippen molar-refractivity contribution in [1.82, 2.24) is 9.97 Å². The van der Waals surface area contributed by atoms with Crippen LogP contribution in [0.1, 0.15) is 24.4 Å². The van der Waals surface area contributed by atoms with Crippen molar-refractivity contribution in [3.8, 4) is 11.3 Å². The van der Waals surface area contributed by atoms with Gasteiger partial charge in [-0.15, -0.1) is 11.3 Å². The second kappa shape index (κ2) is 7.07. The Hall–Kier alpha value is -2.41. The van der Waals surface area contributed by atoms with Gasteiger partial charge < -0.3 is 14.7 Å². The molecule has 0 aliphatic rings. The van der Waals surface area contributed by atoms with Gasteiger partial charge in [0.2, 0.25) is 0 Å². The van der Waals surface area contributed by atoms with E-state index in [0.29, 0.717) is 23.5 Å². The van der Waals surface area contributed by atoms with Gasteiger partial charge in [-0.05, 0) is 31.2 Å². The fraction of sp³-hybridized carbons (Fsp3) is 0.158. The molecule has 4 rings (SSSR count). The summed E-state index contributed by atoms with van der Waals surface area (Å²) in [4.78, 5) is 20.8. The Morgan fingerprint density at radius 3 is 3.00 bits per heavy atom. The SMILES string of the molecule is C[C@H]([NH2+]Cc1nc2scc(-c3ccco3)c2c(=O)[nH]1)c1cccc(Cl)c1. The number of hydrogen-bond donors (Lipinski definition) is 2. The number of hydrogen-bond acceptors (Lipinski definition) is 4. The van der Waals surface area contributed by atoms with E-state index in [0.717, 1.165) is 21.0 Å². The standard InChI is InChI=1S/C19H16ClN3O2S/c1-11(12-4-2-5-13(20)8-12)21-9-16-22-18(24)17-14(10-26-19(17)23-16)15-6-3-7-25-15/h2-8,10-11,21H,9H2,1H3,(H,22,23,24)/p+1/t11-/m0/s1. The maximum atomic E-state index is 12.6. The molecule has 0 radical (unpaired) electrons. The maximum Gasteiger partial charge on any atom is 0.260 e. The van der Waals surface area contributed by atoms with E-state index in [1.165, 1.54) is 11.3 Å². The summed E-state index contributed by atoms with van der Waals surface area (Å²) in [6.45, 7) is 2.68. The van der Waals surface area contributed by atoms with Crippen LogP contribution in [-0.4, -0.2) is 9.97 Å². The van der Waals surface area contributed by atoms with Gasteiger partial charge in [0, 0.05) is 21.5 Å². The minimum atomic E-state index is -0.138. The van der Waals surface area contributed by atoms with Gasteiger partial charge >= 0.3 is 0 Å². The summed E-state index contributed by atoms with van der Waals surface area (Å²) < 4.78 is 5.42. The third kappa shape index (κ3) is 3.31. The van der Waals surface area contributed by atoms with Crippen molar-refractivity contribution in [2.75, 3.05) is 0 Å². The van der Waals surface area contributed by atoms with Crippen molar-refractivity contribution in [2.45, 2.75) is 19.5 Å². The van der Waals surface area contributed by atoms with Crippen LogP contribution in [0.5, 0.6) is 0 Å². The lowest BCUT2D eigenvalue weighted by atomic mass is 10.1. The van der Waals surface area contributed by atoms with Crippen molar-refractivity contribution in [3.63, 3.8) is 0 Å². The third-order valence-corrected chi connectivity index (χ3v) is 5.43. The highest BCUT2D eigenvalue weighted by Crippen LogP contribution is 2.30. The van der Waals surface area contributed by atoms with Crippen LogP contribution in [0, 0.1) is 0 Å². The number of quaternary nitrogens is 1. The number of nitrogens with two attached hydrogens (primary N) is 1. The van der Waals surface area contributed by atoms with Crippen LogP contribution < -0.4 is 10.9 Å². The molecule has 0 saturated heterocycles. The van der Waals surface area contributed by atoms with Gasteiger partial charge in [-0.2, -0.15) is 0 Å².